The monoisotopic (exact) mass is 236 g/mol. The molecule has 0 saturated carbocycles. The zero-order valence-corrected chi connectivity index (χ0v) is 9.95. The maximum Gasteiger partial charge on any atom is 0.124 e. The second-order valence-electron chi connectivity index (χ2n) is 3.68. The molecule has 1 nitrogen and oxygen atoms in total. The highest BCUT2D eigenvalue weighted by atomic mass is 32.1. The van der Waals surface area contributed by atoms with Crippen LogP contribution in [0.5, 0.6) is 0 Å². The van der Waals surface area contributed by atoms with E-state index in [1.54, 1.807) is 11.3 Å². The Morgan fingerprint density at radius 1 is 0.941 bits per heavy atom. The summed E-state index contributed by atoms with van der Waals surface area (Å²) < 4.78 is 0. The van der Waals surface area contributed by atoms with Gasteiger partial charge in [0.1, 0.15) is 5.01 Å². The van der Waals surface area contributed by atoms with Gasteiger partial charge >= 0.3 is 0 Å². The molecular formula is C15H10NS. The van der Waals surface area contributed by atoms with E-state index in [2.05, 4.69) is 28.6 Å². The smallest absolute Gasteiger partial charge is 0.124 e. The van der Waals surface area contributed by atoms with Crippen LogP contribution in [0.25, 0.3) is 21.8 Å². The summed E-state index contributed by atoms with van der Waals surface area (Å²) in [5, 5.41) is 3.13. The van der Waals surface area contributed by atoms with E-state index in [-0.39, 0.29) is 0 Å². The average Bonchev–Trinajstić information content (AvgIpc) is 2.90. The van der Waals surface area contributed by atoms with Crippen molar-refractivity contribution in [3.8, 4) is 21.8 Å². The number of nitrogens with zero attached hydrogens (tertiary/aromatic N) is 1. The lowest BCUT2D eigenvalue weighted by molar-refractivity contribution is 1.40. The van der Waals surface area contributed by atoms with E-state index < -0.39 is 0 Å². The third-order valence-corrected chi connectivity index (χ3v) is 3.40. The van der Waals surface area contributed by atoms with Gasteiger partial charge < -0.3 is 0 Å². The molecule has 3 aromatic rings. The van der Waals surface area contributed by atoms with Gasteiger partial charge in [0.2, 0.25) is 0 Å². The molecule has 0 N–H and O–H groups in total. The summed E-state index contributed by atoms with van der Waals surface area (Å²) in [5.41, 5.74) is 3.21. The molecule has 2 heteroatoms. The van der Waals surface area contributed by atoms with Crippen molar-refractivity contribution in [3.63, 3.8) is 0 Å². The second-order valence-corrected chi connectivity index (χ2v) is 4.54. The molecule has 3 rings (SSSR count). The van der Waals surface area contributed by atoms with Crippen LogP contribution < -0.4 is 0 Å². The molecule has 0 fully saturated rings. The van der Waals surface area contributed by atoms with Gasteiger partial charge in [-0.05, 0) is 6.07 Å². The van der Waals surface area contributed by atoms with Crippen molar-refractivity contribution in [3.05, 3.63) is 66.0 Å². The third-order valence-electron chi connectivity index (χ3n) is 2.51. The molecular weight excluding hydrogens is 226 g/mol. The summed E-state index contributed by atoms with van der Waals surface area (Å²) in [6.45, 7) is 0. The zero-order chi connectivity index (χ0) is 11.5. The van der Waals surface area contributed by atoms with Gasteiger partial charge in [0.25, 0.3) is 0 Å². The average molecular weight is 236 g/mol. The molecule has 0 saturated heterocycles. The highest BCUT2D eigenvalue weighted by Gasteiger charge is 2.05. The Labute approximate surface area is 104 Å². The van der Waals surface area contributed by atoms with Gasteiger partial charge in [0.15, 0.2) is 0 Å². The molecule has 0 amide bonds. The number of thiazole rings is 1. The zero-order valence-electron chi connectivity index (χ0n) is 9.13. The van der Waals surface area contributed by atoms with E-state index in [1.807, 2.05) is 42.5 Å². The van der Waals surface area contributed by atoms with Gasteiger partial charge in [-0.25, -0.2) is 4.98 Å². The van der Waals surface area contributed by atoms with Gasteiger partial charge in [0.05, 0.1) is 5.69 Å². The van der Waals surface area contributed by atoms with E-state index in [9.17, 15) is 0 Å². The fraction of sp³-hybridized carbons (Fsp3) is 0. The maximum absolute atomic E-state index is 4.64. The normalized spacial score (nSPS) is 10.4. The summed E-state index contributed by atoms with van der Waals surface area (Å²) in [6.07, 6.45) is 0. The standard InChI is InChI=1S/C15H10NS/c1-3-7-12(8-4-1)14-11-17-15(16-14)13-9-5-2-6-10-13/h1-7,9-11H. The van der Waals surface area contributed by atoms with Crippen molar-refractivity contribution in [1.29, 1.82) is 0 Å². The van der Waals surface area contributed by atoms with E-state index in [1.165, 1.54) is 5.56 Å². The topological polar surface area (TPSA) is 12.9 Å². The largest absolute Gasteiger partial charge is 0.236 e. The second kappa shape index (κ2) is 4.52. The Bertz CT molecular complexity index is 545. The number of hydrogen-bond acceptors (Lipinski definition) is 2. The molecule has 17 heavy (non-hydrogen) atoms. The van der Waals surface area contributed by atoms with Gasteiger partial charge in [-0.3, -0.25) is 0 Å². The van der Waals surface area contributed by atoms with Crippen molar-refractivity contribution in [2.45, 2.75) is 0 Å². The molecule has 1 heterocycles. The van der Waals surface area contributed by atoms with Crippen LogP contribution in [0.4, 0.5) is 0 Å². The highest BCUT2D eigenvalue weighted by Crippen LogP contribution is 2.28. The predicted octanol–water partition coefficient (Wildman–Crippen LogP) is 4.28. The Kier molecular flexibility index (Phi) is 2.72. The van der Waals surface area contributed by atoms with E-state index in [4.69, 9.17) is 0 Å². The predicted molar refractivity (Wildman–Crippen MR) is 71.8 cm³/mol. The summed E-state index contributed by atoms with van der Waals surface area (Å²) in [4.78, 5) is 4.64. The molecule has 0 bridgehead atoms. The minimum absolute atomic E-state index is 0.995. The molecule has 0 aliphatic rings. The van der Waals surface area contributed by atoms with E-state index in [0.29, 0.717) is 0 Å². The van der Waals surface area contributed by atoms with Gasteiger partial charge in [0, 0.05) is 16.5 Å². The quantitative estimate of drug-likeness (QED) is 0.647. The summed E-state index contributed by atoms with van der Waals surface area (Å²) >= 11 is 1.67. The Morgan fingerprint density at radius 3 is 2.53 bits per heavy atom. The van der Waals surface area contributed by atoms with Crippen molar-refractivity contribution in [1.82, 2.24) is 4.98 Å². The molecule has 0 aliphatic carbocycles. The summed E-state index contributed by atoms with van der Waals surface area (Å²) in [5.74, 6) is 0. The van der Waals surface area contributed by atoms with Crippen LogP contribution in [0.3, 0.4) is 0 Å². The van der Waals surface area contributed by atoms with Crippen LogP contribution in [-0.2, 0) is 0 Å². The highest BCUT2D eigenvalue weighted by molar-refractivity contribution is 7.13. The Hall–Kier alpha value is -1.93. The first-order chi connectivity index (χ1) is 8.43. The van der Waals surface area contributed by atoms with Crippen LogP contribution in [0.15, 0.2) is 60.0 Å². The minimum atomic E-state index is 0.995. The Balaban J connectivity index is 1.99. The summed E-state index contributed by atoms with van der Waals surface area (Å²) in [6, 6.07) is 21.4. The fourth-order valence-electron chi connectivity index (χ4n) is 1.66. The molecule has 1 radical (unpaired) electrons. The molecule has 2 aromatic carbocycles. The lowest BCUT2D eigenvalue weighted by Gasteiger charge is -1.95. The first-order valence-electron chi connectivity index (χ1n) is 5.41. The minimum Gasteiger partial charge on any atom is -0.236 e. The van der Waals surface area contributed by atoms with E-state index >= 15 is 0 Å². The van der Waals surface area contributed by atoms with Gasteiger partial charge in [-0.15, -0.1) is 11.3 Å². The van der Waals surface area contributed by atoms with Crippen molar-refractivity contribution >= 4 is 11.3 Å². The SMILES string of the molecule is [c]1ccccc1-c1csc(-c2ccccc2)n1. The molecule has 0 aliphatic heterocycles. The van der Waals surface area contributed by atoms with Gasteiger partial charge in [-0.2, -0.15) is 0 Å². The maximum atomic E-state index is 4.64. The van der Waals surface area contributed by atoms with Crippen LogP contribution >= 0.6 is 11.3 Å². The van der Waals surface area contributed by atoms with Crippen molar-refractivity contribution in [2.24, 2.45) is 0 Å². The lowest BCUT2D eigenvalue weighted by Crippen LogP contribution is -1.78. The van der Waals surface area contributed by atoms with Crippen molar-refractivity contribution in [2.75, 3.05) is 0 Å². The molecule has 1 aromatic heterocycles. The summed E-state index contributed by atoms with van der Waals surface area (Å²) in [7, 11) is 0. The van der Waals surface area contributed by atoms with Crippen LogP contribution in [0.1, 0.15) is 0 Å². The molecule has 0 spiro atoms. The number of aromatic nitrogens is 1. The van der Waals surface area contributed by atoms with Crippen molar-refractivity contribution < 1.29 is 0 Å². The first-order valence-corrected chi connectivity index (χ1v) is 6.29. The first kappa shape index (κ1) is 10.2. The van der Waals surface area contributed by atoms with Crippen LogP contribution in [-0.4, -0.2) is 4.98 Å². The lowest BCUT2D eigenvalue weighted by atomic mass is 10.2. The van der Waals surface area contributed by atoms with Gasteiger partial charge in [-0.1, -0.05) is 54.6 Å². The Morgan fingerprint density at radius 2 is 1.76 bits per heavy atom. The number of rotatable bonds is 2. The van der Waals surface area contributed by atoms with E-state index in [0.717, 1.165) is 16.3 Å². The third kappa shape index (κ3) is 2.12. The number of hydrogen-bond donors (Lipinski definition) is 0. The molecule has 0 atom stereocenters. The van der Waals surface area contributed by atoms with Crippen LogP contribution in [0, 0.1) is 6.07 Å². The van der Waals surface area contributed by atoms with Crippen LogP contribution in [0.2, 0.25) is 0 Å². The molecule has 81 valence electrons. The fourth-order valence-corrected chi connectivity index (χ4v) is 2.49. The number of benzene rings is 2. The molecule has 0 unspecified atom stereocenters.